The van der Waals surface area contributed by atoms with Crippen LogP contribution in [0.15, 0.2) is 413 Å². The molecule has 0 unspecified atom stereocenters. The smallest absolute Gasteiger partial charge is 0.104 e. The predicted octanol–water partition coefficient (Wildman–Crippen LogP) is 28.8. The van der Waals surface area contributed by atoms with Crippen LogP contribution in [0.25, 0.3) is 210 Å². The molecule has 0 aliphatic carbocycles. The van der Waals surface area contributed by atoms with Gasteiger partial charge in [0.1, 0.15) is 11.6 Å². The van der Waals surface area contributed by atoms with Gasteiger partial charge in [0.05, 0.1) is 78.5 Å². The number of aromatic nitrogens is 4. The molecule has 0 saturated carbocycles. The minimum absolute atomic E-state index is 0.428. The van der Waals surface area contributed by atoms with E-state index in [1.807, 2.05) is 12.1 Å². The van der Waals surface area contributed by atoms with E-state index in [-0.39, 0.29) is 0 Å². The van der Waals surface area contributed by atoms with Gasteiger partial charge in [-0.15, -0.1) is 0 Å². The number of fused-ring (bicyclic) bond motifs is 12. The molecule has 0 amide bonds. The summed E-state index contributed by atoms with van der Waals surface area (Å²) in [5.41, 5.74) is 30.1. The largest absolute Gasteiger partial charge is 0.306 e. The van der Waals surface area contributed by atoms with E-state index >= 15 is 0 Å². The summed E-state index contributed by atoms with van der Waals surface area (Å²) in [6.45, 7) is 0. The third-order valence-corrected chi connectivity index (χ3v) is 23.6. The molecular weight excluding hydrogens is 1410 g/mol. The number of hydrogen-bond acceptors (Lipinski definition) is 2. The second kappa shape index (κ2) is 27.6. The van der Waals surface area contributed by atoms with Crippen molar-refractivity contribution in [3.05, 3.63) is 424 Å². The fourth-order valence-electron chi connectivity index (χ4n) is 18.2. The van der Waals surface area contributed by atoms with E-state index in [1.165, 1.54) is 0 Å². The summed E-state index contributed by atoms with van der Waals surface area (Å²) in [6, 6.07) is 154. The highest BCUT2D eigenvalue weighted by Gasteiger charge is 2.36. The van der Waals surface area contributed by atoms with Crippen molar-refractivity contribution < 1.29 is 0 Å². The van der Waals surface area contributed by atoms with Crippen molar-refractivity contribution in [1.82, 2.24) is 18.3 Å². The Labute approximate surface area is 670 Å². The summed E-state index contributed by atoms with van der Waals surface area (Å²) >= 11 is 0. The molecule has 4 aromatic heterocycles. The van der Waals surface area contributed by atoms with Crippen LogP contribution in [0.3, 0.4) is 0 Å². The Morgan fingerprint density at radius 1 is 0.155 bits per heavy atom. The highest BCUT2D eigenvalue weighted by Crippen LogP contribution is 2.54. The molecule has 6 nitrogen and oxygen atoms in total. The highest BCUT2D eigenvalue weighted by molar-refractivity contribution is 6.20. The zero-order valence-electron chi connectivity index (χ0n) is 62.9. The van der Waals surface area contributed by atoms with Gasteiger partial charge in [-0.25, -0.2) is 0 Å². The van der Waals surface area contributed by atoms with E-state index in [0.29, 0.717) is 22.5 Å². The molecule has 22 rings (SSSR count). The average Bonchev–Trinajstić information content (AvgIpc) is 1.46. The van der Waals surface area contributed by atoms with Crippen molar-refractivity contribution in [3.8, 4) is 135 Å². The van der Waals surface area contributed by atoms with E-state index in [0.717, 1.165) is 199 Å². The molecule has 0 aliphatic heterocycles. The lowest BCUT2D eigenvalue weighted by atomic mass is 9.92. The summed E-state index contributed by atoms with van der Waals surface area (Å²) in [5.74, 6) is 0. The number of nitriles is 2. The molecule has 0 aliphatic rings. The van der Waals surface area contributed by atoms with Crippen LogP contribution < -0.4 is 0 Å². The molecule has 0 bridgehead atoms. The Morgan fingerprint density at radius 3 is 0.500 bits per heavy atom. The van der Waals surface area contributed by atoms with E-state index in [4.69, 9.17) is 0 Å². The zero-order valence-corrected chi connectivity index (χ0v) is 62.9. The van der Waals surface area contributed by atoms with Gasteiger partial charge in [-0.2, -0.15) is 10.5 Å². The average molecular weight is 1470 g/mol. The van der Waals surface area contributed by atoms with Gasteiger partial charge in [-0.3, -0.25) is 0 Å². The maximum atomic E-state index is 14.0. The Bertz CT molecular complexity index is 6950. The normalized spacial score (nSPS) is 11.6. The minimum Gasteiger partial charge on any atom is -0.306 e. The molecule has 0 N–H and O–H groups in total. The van der Waals surface area contributed by atoms with Crippen molar-refractivity contribution in [2.24, 2.45) is 0 Å². The lowest BCUT2D eigenvalue weighted by Crippen LogP contribution is -2.16. The minimum atomic E-state index is 0.428. The first-order valence-corrected chi connectivity index (χ1v) is 39.4. The maximum Gasteiger partial charge on any atom is 0.104 e. The maximum absolute atomic E-state index is 14.0. The molecule has 0 atom stereocenters. The lowest BCUT2D eigenvalue weighted by molar-refractivity contribution is 1.04. The molecule has 18 aromatic carbocycles. The lowest BCUT2D eigenvalue weighted by Gasteiger charge is -2.29. The van der Waals surface area contributed by atoms with Crippen LogP contribution >= 0.6 is 0 Å². The fraction of sp³-hybridized carbons (Fsp3) is 0. The summed E-state index contributed by atoms with van der Waals surface area (Å²) in [7, 11) is 0. The zero-order chi connectivity index (χ0) is 76.9. The van der Waals surface area contributed by atoms with Gasteiger partial charge in [0.25, 0.3) is 0 Å². The van der Waals surface area contributed by atoms with Gasteiger partial charge in [0, 0.05) is 48.7 Å². The predicted molar refractivity (Wildman–Crippen MR) is 482 cm³/mol. The second-order valence-corrected chi connectivity index (χ2v) is 30.1. The standard InChI is InChI=1S/C110H68N6/c111-69-71-41-43-80(44-42-71)106-109(115-102-57-49-85(76-33-17-5-18-34-76)65-93(102)94-66-86(50-58-103(94)115)77-35-19-6-20-36-77)107(113-98-53-45-81(72-25-9-1-10-26-72)61-89(98)90-62-82(46-54-99(90)113)73-27-11-2-12-28-73)97(70-112)108(114-100-55-47-83(74-29-13-3-14-30-74)63-91(100)92-64-84(48-56-101(92)114)75-31-15-4-16-32-75)110(106)116-104-59-51-87(78-37-21-7-22-38-78)67-95(104)96-68-88(52-60-105(96)116)79-39-23-8-24-40-79/h1-68H. The van der Waals surface area contributed by atoms with Gasteiger partial charge in [0.2, 0.25) is 0 Å². The van der Waals surface area contributed by atoms with Crippen LogP contribution in [-0.4, -0.2) is 18.3 Å². The first-order valence-electron chi connectivity index (χ1n) is 39.4. The van der Waals surface area contributed by atoms with Crippen molar-refractivity contribution in [1.29, 1.82) is 10.5 Å². The van der Waals surface area contributed by atoms with E-state index in [9.17, 15) is 10.5 Å². The molecule has 116 heavy (non-hydrogen) atoms. The van der Waals surface area contributed by atoms with Crippen molar-refractivity contribution >= 4 is 87.2 Å². The van der Waals surface area contributed by atoms with Crippen molar-refractivity contribution in [2.75, 3.05) is 0 Å². The molecule has 0 fully saturated rings. The highest BCUT2D eigenvalue weighted by atomic mass is 15.1. The van der Waals surface area contributed by atoms with E-state index < -0.39 is 0 Å². The van der Waals surface area contributed by atoms with Crippen LogP contribution in [-0.2, 0) is 0 Å². The van der Waals surface area contributed by atoms with Crippen LogP contribution in [0.1, 0.15) is 11.1 Å². The molecular formula is C110H68N6. The van der Waals surface area contributed by atoms with Gasteiger partial charge in [-0.05, 0) is 204 Å². The summed E-state index contributed by atoms with van der Waals surface area (Å²) in [6.07, 6.45) is 0. The first-order chi connectivity index (χ1) is 57.5. The number of hydrogen-bond donors (Lipinski definition) is 0. The van der Waals surface area contributed by atoms with Gasteiger partial charge >= 0.3 is 0 Å². The van der Waals surface area contributed by atoms with Crippen LogP contribution in [0.4, 0.5) is 0 Å². The SMILES string of the molecule is N#Cc1ccc(-c2c(-n3c4ccc(-c5ccccc5)cc4c4cc(-c5ccccc5)ccc43)c(-n3c4ccc(-c5ccccc5)cc4c4cc(-c5ccccc5)ccc43)c(C#N)c(-n3c4ccc(-c5ccccc5)cc4c4cc(-c5ccccc5)ccc43)c2-n2c3ccc(-c4ccccc4)cc3c3cc(-c4ccccc4)ccc32)cc1. The number of nitrogens with zero attached hydrogens (tertiary/aromatic N) is 6. The first kappa shape index (κ1) is 67.1. The molecule has 22 aromatic rings. The number of benzene rings is 18. The summed E-state index contributed by atoms with van der Waals surface area (Å²) in [5, 5.41) is 33.3. The summed E-state index contributed by atoms with van der Waals surface area (Å²) in [4.78, 5) is 0. The monoisotopic (exact) mass is 1470 g/mol. The summed E-state index contributed by atoms with van der Waals surface area (Å²) < 4.78 is 9.82. The fourth-order valence-corrected chi connectivity index (χ4v) is 18.2. The molecule has 0 radical (unpaired) electrons. The van der Waals surface area contributed by atoms with E-state index in [2.05, 4.69) is 431 Å². The van der Waals surface area contributed by atoms with Gasteiger partial charge < -0.3 is 18.3 Å². The Morgan fingerprint density at radius 2 is 0.328 bits per heavy atom. The van der Waals surface area contributed by atoms with Crippen LogP contribution in [0.2, 0.25) is 0 Å². The van der Waals surface area contributed by atoms with E-state index in [1.54, 1.807) is 0 Å². The Hall–Kier alpha value is -15.9. The number of rotatable bonds is 13. The van der Waals surface area contributed by atoms with Gasteiger partial charge in [-0.1, -0.05) is 303 Å². The van der Waals surface area contributed by atoms with Gasteiger partial charge in [0.15, 0.2) is 0 Å². The molecule has 4 heterocycles. The third-order valence-electron chi connectivity index (χ3n) is 23.6. The molecule has 538 valence electrons. The molecule has 6 heteroatoms. The topological polar surface area (TPSA) is 67.3 Å². The Balaban J connectivity index is 1.01. The molecule has 0 spiro atoms. The van der Waals surface area contributed by atoms with Crippen molar-refractivity contribution in [3.63, 3.8) is 0 Å². The van der Waals surface area contributed by atoms with Crippen molar-refractivity contribution in [2.45, 2.75) is 0 Å². The quantitative estimate of drug-likeness (QED) is 0.115. The Kier molecular flexibility index (Phi) is 15.9. The molecule has 0 saturated heterocycles. The van der Waals surface area contributed by atoms with Crippen LogP contribution in [0.5, 0.6) is 0 Å². The second-order valence-electron chi connectivity index (χ2n) is 30.1. The van der Waals surface area contributed by atoms with Crippen LogP contribution in [0, 0.1) is 22.7 Å². The third kappa shape index (κ3) is 11.0.